The van der Waals surface area contributed by atoms with Crippen LogP contribution in [0.2, 0.25) is 0 Å². The maximum absolute atomic E-state index is 12.8. The Morgan fingerprint density at radius 2 is 1.03 bits per heavy atom. The zero-order valence-electron chi connectivity index (χ0n) is 34.8. The molecule has 0 amide bonds. The lowest BCUT2D eigenvalue weighted by Crippen LogP contribution is -2.61. The standard InChI is InChI=1S/C43H74O15/c1-3-5-7-9-11-12-13-14-15-16-17-18-20-21-23-25-34(45)53-28-31(56-35(46)26-24-22-19-10-8-6-4-2)29-54-42-41(52)39(50)37(48)33(58-42)30-55-43-40(51)38(49)36(47)32(27-44)57-43/h11-12,14-15,17-18,31-33,36-44,47-52H,3-10,13,16,19-30H2,1-2H3/b12-11+,15-14+,18-17+/t31-,32-,33-,36+,37+,38?,39?,40?,41?,42-,43-/m1/s1. The van der Waals surface area contributed by atoms with Crippen LogP contribution in [0.5, 0.6) is 0 Å². The van der Waals surface area contributed by atoms with E-state index in [2.05, 4.69) is 50.3 Å². The first-order valence-electron chi connectivity index (χ1n) is 21.6. The van der Waals surface area contributed by atoms with Gasteiger partial charge in [-0.05, 0) is 51.4 Å². The van der Waals surface area contributed by atoms with Gasteiger partial charge in [-0.1, -0.05) is 102 Å². The van der Waals surface area contributed by atoms with Crippen molar-refractivity contribution in [1.82, 2.24) is 0 Å². The quantitative estimate of drug-likeness (QED) is 0.0299. The largest absolute Gasteiger partial charge is 0.462 e. The van der Waals surface area contributed by atoms with Gasteiger partial charge in [0.1, 0.15) is 55.4 Å². The summed E-state index contributed by atoms with van der Waals surface area (Å²) in [5.41, 5.74) is 0. The number of rotatable bonds is 31. The number of carbonyl (C=O) groups is 2. The second kappa shape index (κ2) is 31.6. The lowest BCUT2D eigenvalue weighted by molar-refractivity contribution is -0.332. The Balaban J connectivity index is 1.86. The molecule has 15 heteroatoms. The second-order valence-electron chi connectivity index (χ2n) is 15.2. The molecule has 4 unspecified atom stereocenters. The highest BCUT2D eigenvalue weighted by atomic mass is 16.7. The third-order valence-corrected chi connectivity index (χ3v) is 10.1. The van der Waals surface area contributed by atoms with Crippen LogP contribution in [-0.4, -0.2) is 142 Å². The summed E-state index contributed by atoms with van der Waals surface area (Å²) in [5.74, 6) is -0.981. The van der Waals surface area contributed by atoms with Crippen molar-refractivity contribution < 1.29 is 73.8 Å². The third kappa shape index (κ3) is 20.8. The van der Waals surface area contributed by atoms with Crippen LogP contribution < -0.4 is 0 Å². The molecule has 15 nitrogen and oxygen atoms in total. The highest BCUT2D eigenvalue weighted by Crippen LogP contribution is 2.26. The third-order valence-electron chi connectivity index (χ3n) is 10.1. The maximum Gasteiger partial charge on any atom is 0.306 e. The summed E-state index contributed by atoms with van der Waals surface area (Å²) in [6, 6.07) is 0. The van der Waals surface area contributed by atoms with Gasteiger partial charge in [-0.2, -0.15) is 0 Å². The van der Waals surface area contributed by atoms with Crippen LogP contribution in [0.3, 0.4) is 0 Å². The van der Waals surface area contributed by atoms with E-state index in [0.717, 1.165) is 64.2 Å². The van der Waals surface area contributed by atoms with Crippen molar-refractivity contribution in [2.75, 3.05) is 26.4 Å². The van der Waals surface area contributed by atoms with Crippen molar-refractivity contribution in [3.63, 3.8) is 0 Å². The van der Waals surface area contributed by atoms with Crippen molar-refractivity contribution in [1.29, 1.82) is 0 Å². The van der Waals surface area contributed by atoms with Crippen molar-refractivity contribution in [2.24, 2.45) is 0 Å². The number of aliphatic hydroxyl groups is 7. The minimum absolute atomic E-state index is 0.155. The van der Waals surface area contributed by atoms with Gasteiger partial charge in [0, 0.05) is 12.8 Å². The zero-order valence-corrected chi connectivity index (χ0v) is 34.8. The first-order chi connectivity index (χ1) is 28.0. The lowest BCUT2D eigenvalue weighted by Gasteiger charge is -2.42. The second-order valence-corrected chi connectivity index (χ2v) is 15.2. The van der Waals surface area contributed by atoms with E-state index in [-0.39, 0.29) is 19.4 Å². The molecule has 2 aliphatic rings. The maximum atomic E-state index is 12.8. The average Bonchev–Trinajstić information content (AvgIpc) is 3.21. The number of esters is 2. The number of carbonyl (C=O) groups excluding carboxylic acids is 2. The van der Waals surface area contributed by atoms with E-state index in [4.69, 9.17) is 28.4 Å². The van der Waals surface area contributed by atoms with Crippen LogP contribution in [0.4, 0.5) is 0 Å². The summed E-state index contributed by atoms with van der Waals surface area (Å²) in [6.45, 7) is 2.42. The van der Waals surface area contributed by atoms with Crippen LogP contribution in [0.15, 0.2) is 36.5 Å². The van der Waals surface area contributed by atoms with Crippen LogP contribution in [0.25, 0.3) is 0 Å². The van der Waals surface area contributed by atoms with Gasteiger partial charge in [0.15, 0.2) is 18.7 Å². The molecule has 0 bridgehead atoms. The Kier molecular flexibility index (Phi) is 28.2. The number of hydrogen-bond acceptors (Lipinski definition) is 15. The summed E-state index contributed by atoms with van der Waals surface area (Å²) < 4.78 is 33.3. The number of allylic oxidation sites excluding steroid dienone is 6. The van der Waals surface area contributed by atoms with Gasteiger partial charge in [0.25, 0.3) is 0 Å². The zero-order chi connectivity index (χ0) is 42.5. The first kappa shape index (κ1) is 51.9. The molecule has 0 saturated carbocycles. The lowest BCUT2D eigenvalue weighted by atomic mass is 9.98. The van der Waals surface area contributed by atoms with Crippen molar-refractivity contribution >= 4 is 11.9 Å². The number of ether oxygens (including phenoxy) is 6. The smallest absolute Gasteiger partial charge is 0.306 e. The summed E-state index contributed by atoms with van der Waals surface area (Å²) in [5, 5.41) is 71.6. The molecule has 11 atom stereocenters. The van der Waals surface area contributed by atoms with Crippen molar-refractivity contribution in [3.05, 3.63) is 36.5 Å². The molecular formula is C43H74O15. The summed E-state index contributed by atoms with van der Waals surface area (Å²) in [4.78, 5) is 25.4. The predicted octanol–water partition coefficient (Wildman–Crippen LogP) is 3.81. The molecule has 0 aromatic rings. The molecule has 0 aliphatic carbocycles. The molecular weight excluding hydrogens is 756 g/mol. The van der Waals surface area contributed by atoms with Gasteiger partial charge < -0.3 is 64.2 Å². The minimum Gasteiger partial charge on any atom is -0.462 e. The van der Waals surface area contributed by atoms with Gasteiger partial charge in [0.2, 0.25) is 0 Å². The molecule has 336 valence electrons. The molecule has 2 fully saturated rings. The topological polar surface area (TPSA) is 231 Å². The van der Waals surface area contributed by atoms with Gasteiger partial charge in [-0.25, -0.2) is 0 Å². The average molecular weight is 831 g/mol. The number of aliphatic hydroxyl groups excluding tert-OH is 7. The highest BCUT2D eigenvalue weighted by Gasteiger charge is 2.47. The minimum atomic E-state index is -1.77. The molecule has 2 heterocycles. The van der Waals surface area contributed by atoms with Crippen LogP contribution in [-0.2, 0) is 38.0 Å². The van der Waals surface area contributed by atoms with Gasteiger partial charge in [-0.3, -0.25) is 9.59 Å². The molecule has 2 aliphatic heterocycles. The fourth-order valence-electron chi connectivity index (χ4n) is 6.46. The molecule has 2 rings (SSSR count). The van der Waals surface area contributed by atoms with Gasteiger partial charge >= 0.3 is 11.9 Å². The van der Waals surface area contributed by atoms with E-state index in [9.17, 15) is 45.3 Å². The van der Waals surface area contributed by atoms with Gasteiger partial charge in [-0.15, -0.1) is 0 Å². The van der Waals surface area contributed by atoms with E-state index in [1.54, 1.807) is 0 Å². The Hall–Kier alpha value is -2.28. The van der Waals surface area contributed by atoms with E-state index >= 15 is 0 Å². The molecule has 58 heavy (non-hydrogen) atoms. The predicted molar refractivity (Wildman–Crippen MR) is 215 cm³/mol. The van der Waals surface area contributed by atoms with E-state index in [1.165, 1.54) is 25.7 Å². The Bertz CT molecular complexity index is 1160. The van der Waals surface area contributed by atoms with E-state index in [0.29, 0.717) is 12.8 Å². The molecule has 0 aromatic carbocycles. The van der Waals surface area contributed by atoms with E-state index in [1.807, 2.05) is 0 Å². The molecule has 0 aromatic heterocycles. The first-order valence-corrected chi connectivity index (χ1v) is 21.6. The normalized spacial score (nSPS) is 28.4. The van der Waals surface area contributed by atoms with Crippen molar-refractivity contribution in [3.8, 4) is 0 Å². The monoisotopic (exact) mass is 831 g/mol. The van der Waals surface area contributed by atoms with Crippen molar-refractivity contribution in [2.45, 2.75) is 197 Å². The molecule has 0 radical (unpaired) electrons. The Morgan fingerprint density at radius 1 is 0.552 bits per heavy atom. The highest BCUT2D eigenvalue weighted by molar-refractivity contribution is 5.70. The summed E-state index contributed by atoms with van der Waals surface area (Å²) in [7, 11) is 0. The van der Waals surface area contributed by atoms with Crippen LogP contribution >= 0.6 is 0 Å². The molecule has 7 N–H and O–H groups in total. The van der Waals surface area contributed by atoms with Crippen LogP contribution in [0.1, 0.15) is 129 Å². The van der Waals surface area contributed by atoms with Crippen LogP contribution in [0, 0.1) is 0 Å². The summed E-state index contributed by atoms with van der Waals surface area (Å²) in [6.07, 6.45) is 12.3. The van der Waals surface area contributed by atoms with E-state index < -0.39 is 99.3 Å². The number of unbranched alkanes of at least 4 members (excludes halogenated alkanes) is 11. The Labute approximate surface area is 345 Å². The fourth-order valence-corrected chi connectivity index (χ4v) is 6.46. The van der Waals surface area contributed by atoms with Gasteiger partial charge in [0.05, 0.1) is 19.8 Å². The number of hydrogen-bond donors (Lipinski definition) is 7. The molecule has 0 spiro atoms. The molecule has 2 saturated heterocycles. The fraction of sp³-hybridized carbons (Fsp3) is 0.814. The summed E-state index contributed by atoms with van der Waals surface area (Å²) >= 11 is 0. The Morgan fingerprint density at radius 3 is 1.66 bits per heavy atom. The SMILES string of the molecule is CCCCC/C=C/C/C=C/C/C=C/CCCCC(=O)OC[C@H](CO[C@@H]1O[C@H](CO[C@@H]2O[C@H](CO)[C@H](O)C(O)C2O)[C@H](O)C(O)C1O)OC(=O)CCCCCCCCC.